The summed E-state index contributed by atoms with van der Waals surface area (Å²) < 4.78 is 10.9. The van der Waals surface area contributed by atoms with Gasteiger partial charge < -0.3 is 19.3 Å². The number of piperazine rings is 1. The van der Waals surface area contributed by atoms with E-state index in [1.165, 1.54) is 0 Å². The van der Waals surface area contributed by atoms with Gasteiger partial charge in [-0.3, -0.25) is 4.79 Å². The van der Waals surface area contributed by atoms with E-state index >= 15 is 0 Å². The van der Waals surface area contributed by atoms with Crippen LogP contribution in [0.1, 0.15) is 31.2 Å². The number of anilines is 1. The molecule has 8 heteroatoms. The van der Waals surface area contributed by atoms with E-state index < -0.39 is 5.41 Å². The molecular formula is C27H27ClN4O3. The Morgan fingerprint density at radius 2 is 1.60 bits per heavy atom. The Morgan fingerprint density at radius 3 is 2.31 bits per heavy atom. The van der Waals surface area contributed by atoms with Gasteiger partial charge in [-0.1, -0.05) is 36.6 Å². The van der Waals surface area contributed by atoms with Crippen molar-refractivity contribution >= 4 is 23.3 Å². The van der Waals surface area contributed by atoms with Crippen LogP contribution in [0.4, 0.5) is 5.82 Å². The normalized spacial score (nSPS) is 18.7. The van der Waals surface area contributed by atoms with Crippen molar-refractivity contribution in [2.45, 2.75) is 31.1 Å². The number of benzene rings is 2. The van der Waals surface area contributed by atoms with Gasteiger partial charge in [0.2, 0.25) is 12.7 Å². The van der Waals surface area contributed by atoms with Gasteiger partial charge in [-0.25, -0.2) is 0 Å². The summed E-state index contributed by atoms with van der Waals surface area (Å²) in [4.78, 5) is 18.0. The van der Waals surface area contributed by atoms with Crippen molar-refractivity contribution in [2.75, 3.05) is 37.9 Å². The van der Waals surface area contributed by atoms with E-state index in [-0.39, 0.29) is 12.7 Å². The van der Waals surface area contributed by atoms with Crippen LogP contribution in [0.5, 0.6) is 11.5 Å². The number of hydrogen-bond acceptors (Lipinski definition) is 6. The van der Waals surface area contributed by atoms with Crippen LogP contribution in [-0.4, -0.2) is 54.0 Å². The van der Waals surface area contributed by atoms with Crippen LogP contribution in [0, 0.1) is 0 Å². The number of halogens is 1. The minimum absolute atomic E-state index is 0.249. The highest BCUT2D eigenvalue weighted by Crippen LogP contribution is 2.43. The van der Waals surface area contributed by atoms with E-state index in [0.29, 0.717) is 18.1 Å². The Balaban J connectivity index is 1.13. The maximum Gasteiger partial charge on any atom is 0.233 e. The Labute approximate surface area is 209 Å². The van der Waals surface area contributed by atoms with Crippen LogP contribution in [0.25, 0.3) is 11.3 Å². The van der Waals surface area contributed by atoms with Gasteiger partial charge in [0, 0.05) is 36.8 Å². The Bertz CT molecular complexity index is 1220. The predicted octanol–water partition coefficient (Wildman–Crippen LogP) is 4.69. The fourth-order valence-corrected chi connectivity index (χ4v) is 5.64. The summed E-state index contributed by atoms with van der Waals surface area (Å²) in [7, 11) is 0. The number of carbonyl (C=O) groups is 1. The van der Waals surface area contributed by atoms with Crippen LogP contribution < -0.4 is 14.4 Å². The second-order valence-electron chi connectivity index (χ2n) is 9.42. The number of nitrogens with zero attached hydrogens (tertiary/aromatic N) is 4. The number of amides is 1. The Hall–Kier alpha value is -3.32. The van der Waals surface area contributed by atoms with Crippen molar-refractivity contribution in [3.63, 3.8) is 0 Å². The fourth-order valence-electron chi connectivity index (χ4n) is 5.52. The van der Waals surface area contributed by atoms with E-state index in [9.17, 15) is 4.79 Å². The van der Waals surface area contributed by atoms with Crippen molar-refractivity contribution in [2.24, 2.45) is 0 Å². The molecule has 0 atom stereocenters. The molecule has 2 aromatic carbocycles. The average Bonchev–Trinajstić information content (AvgIpc) is 3.59. The second kappa shape index (κ2) is 9.04. The Morgan fingerprint density at radius 1 is 0.857 bits per heavy atom. The summed E-state index contributed by atoms with van der Waals surface area (Å²) in [5.74, 6) is 2.56. The second-order valence-corrected chi connectivity index (χ2v) is 9.86. The molecule has 0 N–H and O–H groups in total. The SMILES string of the molecule is O=C(N1CCN(c2ccc(-c3ccc4c(c3)OCO4)nn2)CC1)C1(c2ccc(Cl)cc2)CCCC1. The third-order valence-electron chi connectivity index (χ3n) is 7.47. The third-order valence-corrected chi connectivity index (χ3v) is 7.72. The van der Waals surface area contributed by atoms with E-state index in [0.717, 1.165) is 72.9 Å². The molecular weight excluding hydrogens is 464 g/mol. The molecule has 0 unspecified atom stereocenters. The van der Waals surface area contributed by atoms with Crippen molar-refractivity contribution in [3.8, 4) is 22.8 Å². The van der Waals surface area contributed by atoms with Crippen molar-refractivity contribution in [3.05, 3.63) is 65.2 Å². The average molecular weight is 491 g/mol. The minimum Gasteiger partial charge on any atom is -0.454 e. The highest BCUT2D eigenvalue weighted by molar-refractivity contribution is 6.30. The highest BCUT2D eigenvalue weighted by Gasteiger charge is 2.45. The molecule has 3 aromatic rings. The van der Waals surface area contributed by atoms with E-state index in [2.05, 4.69) is 15.1 Å². The summed E-state index contributed by atoms with van der Waals surface area (Å²) in [5, 5.41) is 9.62. The molecule has 1 saturated carbocycles. The molecule has 180 valence electrons. The lowest BCUT2D eigenvalue weighted by Crippen LogP contribution is -2.54. The standard InChI is InChI=1S/C27H27ClN4O3/c28-21-6-4-20(5-7-21)27(11-1-2-12-27)26(33)32-15-13-31(14-16-32)25-10-8-22(29-30-25)19-3-9-23-24(17-19)35-18-34-23/h3-10,17H,1-2,11-16,18H2. The predicted molar refractivity (Wildman–Crippen MR) is 134 cm³/mol. The molecule has 7 nitrogen and oxygen atoms in total. The van der Waals surface area contributed by atoms with Gasteiger partial charge in [-0.05, 0) is 60.9 Å². The molecule has 0 radical (unpaired) electrons. The zero-order valence-corrected chi connectivity index (χ0v) is 20.2. The maximum atomic E-state index is 13.8. The number of ether oxygens (including phenoxy) is 2. The monoisotopic (exact) mass is 490 g/mol. The number of fused-ring (bicyclic) bond motifs is 1. The first-order valence-corrected chi connectivity index (χ1v) is 12.5. The lowest BCUT2D eigenvalue weighted by atomic mass is 9.77. The first kappa shape index (κ1) is 22.2. The van der Waals surface area contributed by atoms with Gasteiger partial charge in [0.1, 0.15) is 0 Å². The van der Waals surface area contributed by atoms with Gasteiger partial charge >= 0.3 is 0 Å². The maximum absolute atomic E-state index is 13.8. The molecule has 6 rings (SSSR count). The highest BCUT2D eigenvalue weighted by atomic mass is 35.5. The van der Waals surface area contributed by atoms with Crippen LogP contribution >= 0.6 is 11.6 Å². The van der Waals surface area contributed by atoms with E-state index in [1.807, 2.05) is 59.5 Å². The number of hydrogen-bond donors (Lipinski definition) is 0. The topological polar surface area (TPSA) is 67.8 Å². The molecule has 0 bridgehead atoms. The summed E-state index contributed by atoms with van der Waals surface area (Å²) in [5.41, 5.74) is 2.40. The van der Waals surface area contributed by atoms with Crippen LogP contribution in [0.2, 0.25) is 5.02 Å². The van der Waals surface area contributed by atoms with E-state index in [4.69, 9.17) is 21.1 Å². The molecule has 2 aliphatic heterocycles. The van der Waals surface area contributed by atoms with Crippen LogP contribution in [-0.2, 0) is 10.2 Å². The molecule has 1 aromatic heterocycles. The molecule has 1 saturated heterocycles. The van der Waals surface area contributed by atoms with Gasteiger partial charge in [-0.2, -0.15) is 0 Å². The van der Waals surface area contributed by atoms with Crippen LogP contribution in [0.3, 0.4) is 0 Å². The number of aromatic nitrogens is 2. The van der Waals surface area contributed by atoms with Crippen molar-refractivity contribution < 1.29 is 14.3 Å². The Kier molecular flexibility index (Phi) is 5.72. The zero-order chi connectivity index (χ0) is 23.8. The van der Waals surface area contributed by atoms with Gasteiger partial charge in [0.15, 0.2) is 17.3 Å². The lowest BCUT2D eigenvalue weighted by molar-refractivity contribution is -0.137. The quantitative estimate of drug-likeness (QED) is 0.528. The van der Waals surface area contributed by atoms with Gasteiger partial charge in [0.25, 0.3) is 0 Å². The fraction of sp³-hybridized carbons (Fsp3) is 0.370. The molecule has 3 aliphatic rings. The van der Waals surface area contributed by atoms with E-state index in [1.54, 1.807) is 0 Å². The van der Waals surface area contributed by atoms with Crippen LogP contribution in [0.15, 0.2) is 54.6 Å². The summed E-state index contributed by atoms with van der Waals surface area (Å²) >= 11 is 6.11. The molecule has 3 heterocycles. The number of rotatable bonds is 4. The first-order valence-electron chi connectivity index (χ1n) is 12.2. The lowest BCUT2D eigenvalue weighted by Gasteiger charge is -2.40. The van der Waals surface area contributed by atoms with Gasteiger partial charge in [-0.15, -0.1) is 10.2 Å². The number of carbonyl (C=O) groups excluding carboxylic acids is 1. The first-order chi connectivity index (χ1) is 17.1. The summed E-state index contributed by atoms with van der Waals surface area (Å²) in [6.45, 7) is 3.08. The largest absolute Gasteiger partial charge is 0.454 e. The summed E-state index contributed by atoms with van der Waals surface area (Å²) in [6.07, 6.45) is 3.97. The van der Waals surface area contributed by atoms with Crippen molar-refractivity contribution in [1.82, 2.24) is 15.1 Å². The van der Waals surface area contributed by atoms with Crippen molar-refractivity contribution in [1.29, 1.82) is 0 Å². The minimum atomic E-state index is -0.418. The summed E-state index contributed by atoms with van der Waals surface area (Å²) in [6, 6.07) is 17.6. The molecule has 0 spiro atoms. The molecule has 35 heavy (non-hydrogen) atoms. The van der Waals surface area contributed by atoms with Gasteiger partial charge in [0.05, 0.1) is 11.1 Å². The molecule has 1 aliphatic carbocycles. The molecule has 2 fully saturated rings. The smallest absolute Gasteiger partial charge is 0.233 e. The third kappa shape index (κ3) is 4.08. The zero-order valence-electron chi connectivity index (χ0n) is 19.5. The molecule has 1 amide bonds.